The van der Waals surface area contributed by atoms with Crippen LogP contribution in [-0.2, 0) is 0 Å². The molecule has 49 heavy (non-hydrogen) atoms. The summed E-state index contributed by atoms with van der Waals surface area (Å²) in [5, 5.41) is 0. The van der Waals surface area contributed by atoms with Crippen LogP contribution >= 0.6 is 0 Å². The van der Waals surface area contributed by atoms with Gasteiger partial charge in [0.1, 0.15) is 0 Å². The first-order valence-electron chi connectivity index (χ1n) is 17.1. The third-order valence-corrected chi connectivity index (χ3v) is 9.96. The number of fused-ring (bicyclic) bond motifs is 3. The Bertz CT molecular complexity index is 2360. The van der Waals surface area contributed by atoms with E-state index in [4.69, 9.17) is 0 Å². The maximum absolute atomic E-state index is 2.37. The fourth-order valence-electron chi connectivity index (χ4n) is 7.71. The first kappa shape index (κ1) is 28.9. The largest absolute Gasteiger partial charge is 0.0622 e. The lowest BCUT2D eigenvalue weighted by Gasteiger charge is -2.20. The first-order chi connectivity index (χ1) is 24.3. The predicted molar refractivity (Wildman–Crippen MR) is 206 cm³/mol. The molecular formula is C49H34. The highest BCUT2D eigenvalue weighted by molar-refractivity contribution is 5.93. The van der Waals surface area contributed by atoms with E-state index in [1.165, 1.54) is 83.5 Å². The molecule has 0 amide bonds. The van der Waals surface area contributed by atoms with Gasteiger partial charge in [0.15, 0.2) is 0 Å². The molecule has 8 aromatic carbocycles. The molecule has 0 saturated carbocycles. The minimum Gasteiger partial charge on any atom is -0.0622 e. The molecule has 0 saturated heterocycles. The van der Waals surface area contributed by atoms with Gasteiger partial charge in [-0.05, 0) is 108 Å². The third-order valence-electron chi connectivity index (χ3n) is 9.96. The molecule has 0 bridgehead atoms. The summed E-state index contributed by atoms with van der Waals surface area (Å²) in [5.74, 6) is 0.181. The molecule has 9 rings (SSSR count). The van der Waals surface area contributed by atoms with Crippen molar-refractivity contribution in [2.24, 2.45) is 0 Å². The highest BCUT2D eigenvalue weighted by Crippen LogP contribution is 2.52. The van der Waals surface area contributed by atoms with E-state index in [2.05, 4.69) is 200 Å². The van der Waals surface area contributed by atoms with E-state index in [0.717, 1.165) is 0 Å². The summed E-state index contributed by atoms with van der Waals surface area (Å²) in [5.41, 5.74) is 19.0. The number of hydrogen-bond acceptors (Lipinski definition) is 0. The van der Waals surface area contributed by atoms with Gasteiger partial charge in [0.2, 0.25) is 0 Å². The predicted octanol–water partition coefficient (Wildman–Crippen LogP) is 13.2. The second kappa shape index (κ2) is 12.4. The molecule has 0 heterocycles. The molecule has 1 atom stereocenters. The summed E-state index contributed by atoms with van der Waals surface area (Å²) in [6, 6.07) is 73.1. The van der Waals surface area contributed by atoms with Crippen molar-refractivity contribution in [2.45, 2.75) is 5.92 Å². The van der Waals surface area contributed by atoms with Crippen LogP contribution in [0.15, 0.2) is 200 Å². The molecule has 0 N–H and O–H groups in total. The Morgan fingerprint density at radius 3 is 1.31 bits per heavy atom. The number of rotatable bonds is 6. The van der Waals surface area contributed by atoms with Crippen LogP contribution in [0, 0.1) is 0 Å². The molecular weight excluding hydrogens is 589 g/mol. The van der Waals surface area contributed by atoms with Crippen molar-refractivity contribution in [3.63, 3.8) is 0 Å². The van der Waals surface area contributed by atoms with Crippen molar-refractivity contribution >= 4 is 0 Å². The maximum atomic E-state index is 2.37. The average molecular weight is 623 g/mol. The summed E-state index contributed by atoms with van der Waals surface area (Å²) < 4.78 is 0. The van der Waals surface area contributed by atoms with Gasteiger partial charge in [0.05, 0.1) is 0 Å². The van der Waals surface area contributed by atoms with Crippen LogP contribution in [0.5, 0.6) is 0 Å². The minimum absolute atomic E-state index is 0.181. The lowest BCUT2D eigenvalue weighted by atomic mass is 9.83. The van der Waals surface area contributed by atoms with Gasteiger partial charge >= 0.3 is 0 Å². The zero-order valence-corrected chi connectivity index (χ0v) is 27.1. The highest BCUT2D eigenvalue weighted by atomic mass is 14.3. The molecule has 0 radical (unpaired) electrons. The Hall–Kier alpha value is -6.24. The lowest BCUT2D eigenvalue weighted by Crippen LogP contribution is -2.01. The Morgan fingerprint density at radius 2 is 0.653 bits per heavy atom. The fourth-order valence-corrected chi connectivity index (χ4v) is 7.71. The average Bonchev–Trinajstić information content (AvgIpc) is 3.53. The molecule has 1 aliphatic rings. The van der Waals surface area contributed by atoms with E-state index in [0.29, 0.717) is 0 Å². The van der Waals surface area contributed by atoms with Crippen LogP contribution in [0.25, 0.3) is 66.8 Å². The van der Waals surface area contributed by atoms with E-state index in [-0.39, 0.29) is 5.92 Å². The van der Waals surface area contributed by atoms with Gasteiger partial charge < -0.3 is 0 Å². The Balaban J connectivity index is 1.19. The third kappa shape index (κ3) is 5.29. The van der Waals surface area contributed by atoms with E-state index in [1.54, 1.807) is 0 Å². The van der Waals surface area contributed by atoms with Crippen LogP contribution in [-0.4, -0.2) is 0 Å². The number of benzene rings is 8. The zero-order chi connectivity index (χ0) is 32.6. The van der Waals surface area contributed by atoms with Gasteiger partial charge in [0.25, 0.3) is 0 Å². The summed E-state index contributed by atoms with van der Waals surface area (Å²) in [7, 11) is 0. The molecule has 0 nitrogen and oxygen atoms in total. The lowest BCUT2D eigenvalue weighted by molar-refractivity contribution is 1.02. The van der Waals surface area contributed by atoms with Crippen molar-refractivity contribution in [3.8, 4) is 66.8 Å². The van der Waals surface area contributed by atoms with E-state index < -0.39 is 0 Å². The Labute approximate surface area is 288 Å². The van der Waals surface area contributed by atoms with Gasteiger partial charge in [-0.15, -0.1) is 0 Å². The second-order valence-electron chi connectivity index (χ2n) is 12.9. The summed E-state index contributed by atoms with van der Waals surface area (Å²) in [6.07, 6.45) is 0. The smallest absolute Gasteiger partial charge is 0.0358 e. The fraction of sp³-hybridized carbons (Fsp3) is 0.0204. The van der Waals surface area contributed by atoms with Gasteiger partial charge in [-0.25, -0.2) is 0 Å². The first-order valence-corrected chi connectivity index (χ1v) is 17.1. The van der Waals surface area contributed by atoms with E-state index in [9.17, 15) is 0 Å². The van der Waals surface area contributed by atoms with Gasteiger partial charge in [-0.2, -0.15) is 0 Å². The summed E-state index contributed by atoms with van der Waals surface area (Å²) >= 11 is 0. The van der Waals surface area contributed by atoms with Crippen LogP contribution in [0.1, 0.15) is 22.6 Å². The SMILES string of the molecule is c1ccc(-c2cc(-c3ccccc3)cc(-c3cccc(-c4ccccc4-c4cccc5c4C(c4ccccc4)c4ccccc4-5)c3)c2)cc1. The van der Waals surface area contributed by atoms with Gasteiger partial charge in [-0.1, -0.05) is 176 Å². The van der Waals surface area contributed by atoms with Crippen LogP contribution in [0.3, 0.4) is 0 Å². The van der Waals surface area contributed by atoms with Crippen molar-refractivity contribution in [2.75, 3.05) is 0 Å². The molecule has 1 unspecified atom stereocenters. The topological polar surface area (TPSA) is 0 Å². The van der Waals surface area contributed by atoms with Crippen molar-refractivity contribution in [1.29, 1.82) is 0 Å². The van der Waals surface area contributed by atoms with Crippen LogP contribution in [0.2, 0.25) is 0 Å². The maximum Gasteiger partial charge on any atom is 0.0358 e. The second-order valence-corrected chi connectivity index (χ2v) is 12.9. The normalized spacial score (nSPS) is 13.1. The van der Waals surface area contributed by atoms with E-state index in [1.807, 2.05) is 0 Å². The standard InChI is InChI=1S/C49H34/c1-4-16-34(17-5-1)39-31-40(35-18-6-2-7-19-35)33-41(32-39)37-22-14-23-38(30-37)42-24-10-11-25-43(42)46-28-15-29-47-44-26-12-13-27-45(44)48(49(46)47)36-20-8-3-9-21-36/h1-33,48H. The molecule has 0 spiro atoms. The van der Waals surface area contributed by atoms with Crippen molar-refractivity contribution in [1.82, 2.24) is 0 Å². The van der Waals surface area contributed by atoms with Gasteiger partial charge in [0, 0.05) is 5.92 Å². The van der Waals surface area contributed by atoms with Gasteiger partial charge in [-0.3, -0.25) is 0 Å². The molecule has 1 aliphatic carbocycles. The minimum atomic E-state index is 0.181. The molecule has 0 heteroatoms. The monoisotopic (exact) mass is 622 g/mol. The van der Waals surface area contributed by atoms with Crippen LogP contribution in [0.4, 0.5) is 0 Å². The molecule has 0 aromatic heterocycles. The molecule has 8 aromatic rings. The Morgan fingerprint density at radius 1 is 0.245 bits per heavy atom. The van der Waals surface area contributed by atoms with Crippen LogP contribution < -0.4 is 0 Å². The zero-order valence-electron chi connectivity index (χ0n) is 27.1. The Kier molecular flexibility index (Phi) is 7.33. The van der Waals surface area contributed by atoms with Crippen molar-refractivity contribution < 1.29 is 0 Å². The highest BCUT2D eigenvalue weighted by Gasteiger charge is 2.32. The number of hydrogen-bond donors (Lipinski definition) is 0. The summed E-state index contributed by atoms with van der Waals surface area (Å²) in [4.78, 5) is 0. The molecule has 0 aliphatic heterocycles. The molecule has 230 valence electrons. The summed E-state index contributed by atoms with van der Waals surface area (Å²) in [6.45, 7) is 0. The van der Waals surface area contributed by atoms with Crippen molar-refractivity contribution in [3.05, 3.63) is 217 Å². The quantitative estimate of drug-likeness (QED) is 0.173. The molecule has 0 fully saturated rings. The van der Waals surface area contributed by atoms with E-state index >= 15 is 0 Å².